The molecule has 0 aliphatic heterocycles. The second kappa shape index (κ2) is 6.39. The second-order valence-corrected chi connectivity index (χ2v) is 5.22. The van der Waals surface area contributed by atoms with E-state index in [2.05, 4.69) is 6.07 Å². The van der Waals surface area contributed by atoms with Gasteiger partial charge in [0.2, 0.25) is 0 Å². The first kappa shape index (κ1) is 15.5. The number of nitrogens with zero attached hydrogens (tertiary/aromatic N) is 2. The number of nitriles is 1. The van der Waals surface area contributed by atoms with E-state index in [4.69, 9.17) is 15.2 Å². The van der Waals surface area contributed by atoms with Crippen molar-refractivity contribution in [3.05, 3.63) is 60.3 Å². The molecular weight excluding hydrogens is 302 g/mol. The molecule has 0 aliphatic rings. The number of nitrogen functional groups attached to an aromatic ring is 1. The Kier molecular flexibility index (Phi) is 4.13. The number of anilines is 1. The van der Waals surface area contributed by atoms with Crippen LogP contribution in [0.1, 0.15) is 5.56 Å². The van der Waals surface area contributed by atoms with Crippen molar-refractivity contribution >= 4 is 5.82 Å². The fourth-order valence-electron chi connectivity index (χ4n) is 2.62. The van der Waals surface area contributed by atoms with Crippen molar-refractivity contribution in [2.24, 2.45) is 0 Å². The van der Waals surface area contributed by atoms with Crippen LogP contribution in [0.5, 0.6) is 11.5 Å². The summed E-state index contributed by atoms with van der Waals surface area (Å²) >= 11 is 0. The maximum atomic E-state index is 9.57. The summed E-state index contributed by atoms with van der Waals surface area (Å²) in [5, 5.41) is 9.57. The Morgan fingerprint density at radius 3 is 2.17 bits per heavy atom. The number of hydrogen-bond donors (Lipinski definition) is 1. The van der Waals surface area contributed by atoms with Crippen molar-refractivity contribution in [1.29, 1.82) is 5.26 Å². The molecule has 120 valence electrons. The average molecular weight is 319 g/mol. The SMILES string of the molecule is COc1cc(OC)cc(-c2cn(-c3ccccc3)c(N)c2C#N)c1. The smallest absolute Gasteiger partial charge is 0.126 e. The first-order valence-electron chi connectivity index (χ1n) is 7.37. The fraction of sp³-hybridized carbons (Fsp3) is 0.105. The number of nitrogens with two attached hydrogens (primary N) is 1. The number of rotatable bonds is 4. The molecule has 5 nitrogen and oxygen atoms in total. The van der Waals surface area contributed by atoms with Crippen molar-refractivity contribution in [1.82, 2.24) is 4.57 Å². The van der Waals surface area contributed by atoms with Crippen LogP contribution >= 0.6 is 0 Å². The highest BCUT2D eigenvalue weighted by Crippen LogP contribution is 2.35. The zero-order valence-corrected chi connectivity index (χ0v) is 13.5. The van der Waals surface area contributed by atoms with Gasteiger partial charge in [0.15, 0.2) is 0 Å². The minimum Gasteiger partial charge on any atom is -0.497 e. The summed E-state index contributed by atoms with van der Waals surface area (Å²) in [6.45, 7) is 0. The Bertz CT molecular complexity index is 886. The van der Waals surface area contributed by atoms with Crippen molar-refractivity contribution in [3.8, 4) is 34.4 Å². The van der Waals surface area contributed by atoms with Crippen molar-refractivity contribution in [2.75, 3.05) is 20.0 Å². The molecule has 3 rings (SSSR count). The first-order valence-corrected chi connectivity index (χ1v) is 7.37. The van der Waals surface area contributed by atoms with E-state index in [1.54, 1.807) is 24.9 Å². The van der Waals surface area contributed by atoms with Gasteiger partial charge in [0.1, 0.15) is 28.9 Å². The molecule has 0 spiro atoms. The maximum absolute atomic E-state index is 9.57. The summed E-state index contributed by atoms with van der Waals surface area (Å²) < 4.78 is 12.4. The molecule has 0 bridgehead atoms. The lowest BCUT2D eigenvalue weighted by Crippen LogP contribution is -1.99. The van der Waals surface area contributed by atoms with Crippen LogP contribution in [0.4, 0.5) is 5.82 Å². The van der Waals surface area contributed by atoms with Crippen LogP contribution in [0.3, 0.4) is 0 Å². The Morgan fingerprint density at radius 2 is 1.62 bits per heavy atom. The molecule has 1 aromatic heterocycles. The molecule has 2 aromatic carbocycles. The van der Waals surface area contributed by atoms with Gasteiger partial charge in [0.25, 0.3) is 0 Å². The molecule has 2 N–H and O–H groups in total. The molecule has 0 saturated carbocycles. The van der Waals surface area contributed by atoms with Gasteiger partial charge in [-0.15, -0.1) is 0 Å². The average Bonchev–Trinajstić information content (AvgIpc) is 2.98. The van der Waals surface area contributed by atoms with Crippen molar-refractivity contribution in [3.63, 3.8) is 0 Å². The van der Waals surface area contributed by atoms with E-state index in [0.717, 1.165) is 16.8 Å². The molecule has 3 aromatic rings. The van der Waals surface area contributed by atoms with Gasteiger partial charge in [-0.05, 0) is 29.8 Å². The highest BCUT2D eigenvalue weighted by atomic mass is 16.5. The van der Waals surface area contributed by atoms with Crippen LogP contribution in [0.2, 0.25) is 0 Å². The Morgan fingerprint density at radius 1 is 1.00 bits per heavy atom. The monoisotopic (exact) mass is 319 g/mol. The van der Waals surface area contributed by atoms with Crippen LogP contribution in [0.15, 0.2) is 54.7 Å². The molecule has 5 heteroatoms. The molecule has 24 heavy (non-hydrogen) atoms. The molecule has 0 aliphatic carbocycles. The molecular formula is C19H17N3O2. The Balaban J connectivity index is 2.21. The third-order valence-corrected chi connectivity index (χ3v) is 3.85. The van der Waals surface area contributed by atoms with E-state index in [0.29, 0.717) is 22.9 Å². The molecule has 0 saturated heterocycles. The van der Waals surface area contributed by atoms with Crippen LogP contribution in [0.25, 0.3) is 16.8 Å². The minimum atomic E-state index is 0.403. The predicted molar refractivity (Wildman–Crippen MR) is 93.4 cm³/mol. The second-order valence-electron chi connectivity index (χ2n) is 5.22. The third-order valence-electron chi connectivity index (χ3n) is 3.85. The lowest BCUT2D eigenvalue weighted by Gasteiger charge is -2.07. The quantitative estimate of drug-likeness (QED) is 0.797. The summed E-state index contributed by atoms with van der Waals surface area (Å²) in [6.07, 6.45) is 1.86. The zero-order chi connectivity index (χ0) is 17.1. The van der Waals surface area contributed by atoms with Gasteiger partial charge < -0.3 is 19.8 Å². The molecule has 0 unspecified atom stereocenters. The van der Waals surface area contributed by atoms with E-state index >= 15 is 0 Å². The lowest BCUT2D eigenvalue weighted by atomic mass is 10.0. The molecule has 0 amide bonds. The summed E-state index contributed by atoms with van der Waals surface area (Å²) in [6, 6.07) is 17.4. The van der Waals surface area contributed by atoms with E-state index in [9.17, 15) is 5.26 Å². The normalized spacial score (nSPS) is 10.2. The van der Waals surface area contributed by atoms with Crippen LogP contribution in [0, 0.1) is 11.3 Å². The number of ether oxygens (including phenoxy) is 2. The van der Waals surface area contributed by atoms with E-state index in [-0.39, 0.29) is 0 Å². The fourth-order valence-corrected chi connectivity index (χ4v) is 2.62. The van der Waals surface area contributed by atoms with E-state index in [1.807, 2.05) is 48.7 Å². The number of hydrogen-bond acceptors (Lipinski definition) is 4. The largest absolute Gasteiger partial charge is 0.497 e. The molecule has 0 atom stereocenters. The molecule has 0 radical (unpaired) electrons. The zero-order valence-electron chi connectivity index (χ0n) is 13.5. The lowest BCUT2D eigenvalue weighted by molar-refractivity contribution is 0.394. The molecule has 0 fully saturated rings. The number of aromatic nitrogens is 1. The standard InChI is InChI=1S/C19H17N3O2/c1-23-15-8-13(9-16(10-15)24-2)18-12-22(19(21)17(18)11-20)14-6-4-3-5-7-14/h3-10,12H,21H2,1-2H3. The van der Waals surface area contributed by atoms with Gasteiger partial charge in [-0.25, -0.2) is 0 Å². The van der Waals surface area contributed by atoms with Gasteiger partial charge in [-0.1, -0.05) is 18.2 Å². The van der Waals surface area contributed by atoms with E-state index in [1.165, 1.54) is 0 Å². The summed E-state index contributed by atoms with van der Waals surface area (Å²) in [7, 11) is 3.18. The van der Waals surface area contributed by atoms with Crippen LogP contribution in [-0.4, -0.2) is 18.8 Å². The molecule has 1 heterocycles. The summed E-state index contributed by atoms with van der Waals surface area (Å²) in [5.74, 6) is 1.71. The highest BCUT2D eigenvalue weighted by Gasteiger charge is 2.17. The van der Waals surface area contributed by atoms with Crippen molar-refractivity contribution < 1.29 is 9.47 Å². The van der Waals surface area contributed by atoms with Crippen LogP contribution in [-0.2, 0) is 0 Å². The third kappa shape index (κ3) is 2.66. The Hall–Kier alpha value is -3.39. The summed E-state index contributed by atoms with van der Waals surface area (Å²) in [4.78, 5) is 0. The summed E-state index contributed by atoms with van der Waals surface area (Å²) in [5.41, 5.74) is 9.07. The predicted octanol–water partition coefficient (Wildman–Crippen LogP) is 3.62. The minimum absolute atomic E-state index is 0.403. The van der Waals surface area contributed by atoms with Gasteiger partial charge in [-0.2, -0.15) is 5.26 Å². The topological polar surface area (TPSA) is 73.2 Å². The van der Waals surface area contributed by atoms with Gasteiger partial charge in [0.05, 0.1) is 14.2 Å². The number of para-hydroxylation sites is 1. The number of benzene rings is 2. The highest BCUT2D eigenvalue weighted by molar-refractivity contribution is 5.79. The Labute approximate surface area is 140 Å². The van der Waals surface area contributed by atoms with Gasteiger partial charge >= 0.3 is 0 Å². The maximum Gasteiger partial charge on any atom is 0.126 e. The van der Waals surface area contributed by atoms with Crippen LogP contribution < -0.4 is 15.2 Å². The number of methoxy groups -OCH3 is 2. The van der Waals surface area contributed by atoms with Gasteiger partial charge in [0, 0.05) is 23.5 Å². The van der Waals surface area contributed by atoms with Gasteiger partial charge in [-0.3, -0.25) is 0 Å². The first-order chi connectivity index (χ1) is 11.7. The van der Waals surface area contributed by atoms with E-state index < -0.39 is 0 Å². The van der Waals surface area contributed by atoms with Crippen molar-refractivity contribution in [2.45, 2.75) is 0 Å².